The van der Waals surface area contributed by atoms with E-state index in [0.29, 0.717) is 32.7 Å². The fraction of sp³-hybridized carbons (Fsp3) is 0.379. The fourth-order valence-electron chi connectivity index (χ4n) is 4.29. The standard InChI is InChI=1S/C29H34O5/c1-31-25-14-12-24(13-15-25)21-34-29-27(30)17-16-26(32-19-22-8-4-2-5-9-22)18-28(29)33-20-23-10-6-3-7-11-23/h2-15,26-30H,16-21H2,1H3/t26-,27-,28-,29-/m1/s1. The van der Waals surface area contributed by atoms with Gasteiger partial charge in [-0.3, -0.25) is 0 Å². The minimum Gasteiger partial charge on any atom is -0.497 e. The van der Waals surface area contributed by atoms with Crippen molar-refractivity contribution in [1.29, 1.82) is 0 Å². The first-order valence-corrected chi connectivity index (χ1v) is 11.9. The van der Waals surface area contributed by atoms with Crippen LogP contribution in [0.25, 0.3) is 0 Å². The van der Waals surface area contributed by atoms with Crippen molar-refractivity contribution in [3.63, 3.8) is 0 Å². The van der Waals surface area contributed by atoms with E-state index in [0.717, 1.165) is 28.9 Å². The second-order valence-corrected chi connectivity index (χ2v) is 8.76. The summed E-state index contributed by atoms with van der Waals surface area (Å²) in [4.78, 5) is 0. The molecule has 1 fully saturated rings. The van der Waals surface area contributed by atoms with Crippen LogP contribution >= 0.6 is 0 Å². The van der Waals surface area contributed by atoms with Gasteiger partial charge in [0.1, 0.15) is 11.9 Å². The predicted molar refractivity (Wildman–Crippen MR) is 131 cm³/mol. The van der Waals surface area contributed by atoms with Gasteiger partial charge in [0.25, 0.3) is 0 Å². The molecule has 0 unspecified atom stereocenters. The van der Waals surface area contributed by atoms with E-state index in [1.807, 2.05) is 72.8 Å². The Bertz CT molecular complexity index is 961. The van der Waals surface area contributed by atoms with Gasteiger partial charge in [0, 0.05) is 6.42 Å². The Kier molecular flexibility index (Phi) is 9.11. The van der Waals surface area contributed by atoms with E-state index in [2.05, 4.69) is 12.1 Å². The number of hydrogen-bond acceptors (Lipinski definition) is 5. The molecule has 1 aliphatic rings. The van der Waals surface area contributed by atoms with Gasteiger partial charge in [0.2, 0.25) is 0 Å². The zero-order valence-electron chi connectivity index (χ0n) is 19.7. The highest BCUT2D eigenvalue weighted by atomic mass is 16.6. The molecule has 0 amide bonds. The molecule has 0 aliphatic heterocycles. The largest absolute Gasteiger partial charge is 0.497 e. The Morgan fingerprint density at radius 3 is 1.85 bits per heavy atom. The topological polar surface area (TPSA) is 57.2 Å². The van der Waals surface area contributed by atoms with Crippen molar-refractivity contribution in [1.82, 2.24) is 0 Å². The van der Waals surface area contributed by atoms with Crippen molar-refractivity contribution in [3.8, 4) is 5.75 Å². The minimum absolute atomic E-state index is 0.00906. The average Bonchev–Trinajstić information content (AvgIpc) is 3.04. The molecular formula is C29H34O5. The van der Waals surface area contributed by atoms with Crippen LogP contribution in [0, 0.1) is 0 Å². The van der Waals surface area contributed by atoms with Crippen LogP contribution in [0.3, 0.4) is 0 Å². The maximum atomic E-state index is 11.0. The van der Waals surface area contributed by atoms with E-state index in [-0.39, 0.29) is 12.2 Å². The lowest BCUT2D eigenvalue weighted by molar-refractivity contribution is -0.135. The van der Waals surface area contributed by atoms with E-state index in [4.69, 9.17) is 18.9 Å². The van der Waals surface area contributed by atoms with Crippen LogP contribution in [0.1, 0.15) is 36.0 Å². The monoisotopic (exact) mass is 462 g/mol. The van der Waals surface area contributed by atoms with Gasteiger partial charge in [-0.25, -0.2) is 0 Å². The molecule has 3 aromatic carbocycles. The number of aliphatic hydroxyl groups is 1. The lowest BCUT2D eigenvalue weighted by Gasteiger charge is -2.30. The number of rotatable bonds is 10. The number of ether oxygens (including phenoxy) is 4. The predicted octanol–water partition coefficient (Wildman–Crippen LogP) is 5.30. The van der Waals surface area contributed by atoms with Crippen LogP contribution in [0.4, 0.5) is 0 Å². The summed E-state index contributed by atoms with van der Waals surface area (Å²) in [6, 6.07) is 28.1. The van der Waals surface area contributed by atoms with Crippen LogP contribution in [0.15, 0.2) is 84.9 Å². The summed E-state index contributed by atoms with van der Waals surface area (Å²) in [6.45, 7) is 1.41. The van der Waals surface area contributed by atoms with Crippen molar-refractivity contribution in [2.45, 2.75) is 63.5 Å². The zero-order valence-corrected chi connectivity index (χ0v) is 19.7. The number of methoxy groups -OCH3 is 1. The summed E-state index contributed by atoms with van der Waals surface area (Å²) in [7, 11) is 1.65. The summed E-state index contributed by atoms with van der Waals surface area (Å²) < 4.78 is 24.1. The van der Waals surface area contributed by atoms with Gasteiger partial charge in [-0.15, -0.1) is 0 Å². The first-order chi connectivity index (χ1) is 16.7. The third-order valence-corrected chi connectivity index (χ3v) is 6.26. The van der Waals surface area contributed by atoms with Gasteiger partial charge in [0.15, 0.2) is 0 Å². The van der Waals surface area contributed by atoms with Crippen LogP contribution < -0.4 is 4.74 Å². The third kappa shape index (κ3) is 7.15. The van der Waals surface area contributed by atoms with E-state index < -0.39 is 12.2 Å². The maximum absolute atomic E-state index is 11.0. The van der Waals surface area contributed by atoms with E-state index in [1.54, 1.807) is 7.11 Å². The molecule has 0 spiro atoms. The zero-order chi connectivity index (χ0) is 23.6. The SMILES string of the molecule is COc1ccc(CO[C@@H]2[C@H](O)CC[C@@H](OCc3ccccc3)C[C@H]2OCc2ccccc2)cc1. The molecular weight excluding hydrogens is 428 g/mol. The van der Waals surface area contributed by atoms with Gasteiger partial charge in [-0.2, -0.15) is 0 Å². The summed E-state index contributed by atoms with van der Waals surface area (Å²) in [6.07, 6.45) is 0.700. The highest BCUT2D eigenvalue weighted by Gasteiger charge is 2.36. The highest BCUT2D eigenvalue weighted by molar-refractivity contribution is 5.26. The average molecular weight is 463 g/mol. The van der Waals surface area contributed by atoms with Gasteiger partial charge < -0.3 is 24.1 Å². The Morgan fingerprint density at radius 2 is 1.24 bits per heavy atom. The molecule has 0 bridgehead atoms. The van der Waals surface area contributed by atoms with Crippen molar-refractivity contribution in [2.75, 3.05) is 7.11 Å². The van der Waals surface area contributed by atoms with E-state index >= 15 is 0 Å². The Balaban J connectivity index is 1.43. The summed E-state index contributed by atoms with van der Waals surface area (Å²) in [5.74, 6) is 0.806. The summed E-state index contributed by atoms with van der Waals surface area (Å²) in [5, 5.41) is 11.0. The maximum Gasteiger partial charge on any atom is 0.118 e. The Morgan fingerprint density at radius 1 is 0.676 bits per heavy atom. The van der Waals surface area contributed by atoms with Crippen molar-refractivity contribution in [3.05, 3.63) is 102 Å². The third-order valence-electron chi connectivity index (χ3n) is 6.26. The molecule has 34 heavy (non-hydrogen) atoms. The molecule has 0 aromatic heterocycles. The molecule has 0 radical (unpaired) electrons. The van der Waals surface area contributed by atoms with Crippen LogP contribution in [-0.2, 0) is 34.0 Å². The summed E-state index contributed by atoms with van der Waals surface area (Å²) >= 11 is 0. The van der Waals surface area contributed by atoms with Crippen LogP contribution in [-0.4, -0.2) is 36.6 Å². The normalized spacial score (nSPS) is 22.8. The molecule has 0 saturated heterocycles. The van der Waals surface area contributed by atoms with Gasteiger partial charge in [0.05, 0.1) is 45.2 Å². The summed E-state index contributed by atoms with van der Waals surface area (Å²) in [5.41, 5.74) is 3.26. The Labute approximate surface area is 202 Å². The number of aliphatic hydroxyl groups excluding tert-OH is 1. The second kappa shape index (κ2) is 12.7. The highest BCUT2D eigenvalue weighted by Crippen LogP contribution is 2.28. The van der Waals surface area contributed by atoms with Crippen molar-refractivity contribution in [2.24, 2.45) is 0 Å². The van der Waals surface area contributed by atoms with Gasteiger partial charge >= 0.3 is 0 Å². The molecule has 0 heterocycles. The molecule has 4 rings (SSSR count). The molecule has 180 valence electrons. The molecule has 3 aromatic rings. The van der Waals surface area contributed by atoms with E-state index in [9.17, 15) is 5.11 Å². The molecule has 1 aliphatic carbocycles. The van der Waals surface area contributed by atoms with Crippen molar-refractivity contribution < 1.29 is 24.1 Å². The molecule has 1 N–H and O–H groups in total. The molecule has 5 nitrogen and oxygen atoms in total. The lowest BCUT2D eigenvalue weighted by atomic mass is 10.1. The van der Waals surface area contributed by atoms with Gasteiger partial charge in [-0.05, 0) is 41.7 Å². The number of hydrogen-bond donors (Lipinski definition) is 1. The first-order valence-electron chi connectivity index (χ1n) is 11.9. The van der Waals surface area contributed by atoms with Crippen LogP contribution in [0.2, 0.25) is 0 Å². The van der Waals surface area contributed by atoms with Crippen LogP contribution in [0.5, 0.6) is 5.75 Å². The van der Waals surface area contributed by atoms with Gasteiger partial charge in [-0.1, -0.05) is 72.8 Å². The van der Waals surface area contributed by atoms with Crippen molar-refractivity contribution >= 4 is 0 Å². The first kappa shape index (κ1) is 24.4. The smallest absolute Gasteiger partial charge is 0.118 e. The fourth-order valence-corrected chi connectivity index (χ4v) is 4.29. The number of benzene rings is 3. The van der Waals surface area contributed by atoms with E-state index in [1.165, 1.54) is 0 Å². The molecule has 4 atom stereocenters. The Hall–Kier alpha value is -2.70. The quantitative estimate of drug-likeness (QED) is 0.415. The lowest BCUT2D eigenvalue weighted by Crippen LogP contribution is -2.40. The minimum atomic E-state index is -0.621. The second-order valence-electron chi connectivity index (χ2n) is 8.76. The molecule has 1 saturated carbocycles. The molecule has 5 heteroatoms.